The fraction of sp³-hybridized carbons (Fsp3) is 0.667. The third-order valence-electron chi connectivity index (χ3n) is 1.97. The molecule has 0 amide bonds. The van der Waals surface area contributed by atoms with Crippen LogP contribution in [0.1, 0.15) is 13.8 Å². The van der Waals surface area contributed by atoms with Gasteiger partial charge in [0.2, 0.25) is 5.82 Å². The molecule has 0 unspecified atom stereocenters. The summed E-state index contributed by atoms with van der Waals surface area (Å²) in [5.41, 5.74) is -0.991. The quantitative estimate of drug-likeness (QED) is 0.600. The summed E-state index contributed by atoms with van der Waals surface area (Å²) in [5.74, 6) is 0.259. The van der Waals surface area contributed by atoms with E-state index in [4.69, 9.17) is 0 Å². The van der Waals surface area contributed by atoms with Gasteiger partial charge in [-0.15, -0.1) is 5.10 Å². The van der Waals surface area contributed by atoms with Crippen molar-refractivity contribution in [3.05, 3.63) is 16.3 Å². The lowest BCUT2D eigenvalue weighted by atomic mass is 10.1. The minimum atomic E-state index is -0.930. The highest BCUT2D eigenvalue weighted by Crippen LogP contribution is 2.25. The first-order chi connectivity index (χ1) is 7.20. The van der Waals surface area contributed by atoms with Crippen molar-refractivity contribution in [3.63, 3.8) is 0 Å². The predicted octanol–water partition coefficient (Wildman–Crippen LogP) is 0.535. The maximum absolute atomic E-state index is 10.8. The maximum Gasteiger partial charge on any atom is 0.330 e. The first-order valence-corrected chi connectivity index (χ1v) is 4.82. The SMILES string of the molecule is CN(CC(C)(C)O)c1nn(C)cc1[N+](=O)[O-]. The van der Waals surface area contributed by atoms with E-state index in [0.717, 1.165) is 0 Å². The zero-order valence-corrected chi connectivity index (χ0v) is 9.84. The van der Waals surface area contributed by atoms with Crippen molar-refractivity contribution in [3.8, 4) is 0 Å². The fourth-order valence-electron chi connectivity index (χ4n) is 1.52. The second kappa shape index (κ2) is 4.09. The second-order valence-corrected chi connectivity index (χ2v) is 4.44. The van der Waals surface area contributed by atoms with Crippen LogP contribution in [0.5, 0.6) is 0 Å². The predicted molar refractivity (Wildman–Crippen MR) is 59.4 cm³/mol. The van der Waals surface area contributed by atoms with Crippen LogP contribution in [-0.4, -0.2) is 39.0 Å². The van der Waals surface area contributed by atoms with Crippen molar-refractivity contribution in [2.24, 2.45) is 7.05 Å². The Morgan fingerprint density at radius 2 is 2.25 bits per heavy atom. The van der Waals surface area contributed by atoms with Crippen LogP contribution < -0.4 is 4.90 Å². The summed E-state index contributed by atoms with van der Waals surface area (Å²) in [6.07, 6.45) is 1.34. The zero-order chi connectivity index (χ0) is 12.5. The molecule has 0 fully saturated rings. The van der Waals surface area contributed by atoms with Crippen molar-refractivity contribution in [1.29, 1.82) is 0 Å². The Bertz CT molecular complexity index is 394. The second-order valence-electron chi connectivity index (χ2n) is 4.44. The van der Waals surface area contributed by atoms with Crippen molar-refractivity contribution >= 4 is 11.5 Å². The lowest BCUT2D eigenvalue weighted by Crippen LogP contribution is -2.36. The first-order valence-electron chi connectivity index (χ1n) is 4.82. The normalized spacial score (nSPS) is 11.6. The highest BCUT2D eigenvalue weighted by Gasteiger charge is 2.25. The molecule has 7 heteroatoms. The summed E-state index contributed by atoms with van der Waals surface area (Å²) in [7, 11) is 3.28. The Hall–Kier alpha value is -1.63. The molecular formula is C9H16N4O3. The Morgan fingerprint density at radius 3 is 2.69 bits per heavy atom. The molecule has 1 N–H and O–H groups in total. The molecule has 1 aromatic heterocycles. The number of hydrogen-bond acceptors (Lipinski definition) is 5. The standard InChI is InChI=1S/C9H16N4O3/c1-9(2,14)6-11(3)8-7(13(15)16)5-12(4)10-8/h5,14H,6H2,1-4H3. The van der Waals surface area contributed by atoms with Gasteiger partial charge in [0.15, 0.2) is 0 Å². The molecule has 0 aliphatic carbocycles. The highest BCUT2D eigenvalue weighted by molar-refractivity contribution is 5.56. The van der Waals surface area contributed by atoms with Crippen LogP contribution in [0, 0.1) is 10.1 Å². The molecule has 0 radical (unpaired) electrons. The number of aromatic nitrogens is 2. The van der Waals surface area contributed by atoms with Gasteiger partial charge in [-0.1, -0.05) is 0 Å². The summed E-state index contributed by atoms with van der Waals surface area (Å²) in [6, 6.07) is 0. The molecule has 1 heterocycles. The van der Waals surface area contributed by atoms with Crippen molar-refractivity contribution < 1.29 is 10.0 Å². The summed E-state index contributed by atoms with van der Waals surface area (Å²) in [5, 5.41) is 24.4. The van der Waals surface area contributed by atoms with E-state index in [0.29, 0.717) is 0 Å². The third-order valence-corrected chi connectivity index (χ3v) is 1.97. The molecule has 1 aromatic rings. The number of aryl methyl sites for hydroxylation is 1. The van der Waals surface area contributed by atoms with Crippen LogP contribution in [0.15, 0.2) is 6.20 Å². The lowest BCUT2D eigenvalue weighted by Gasteiger charge is -2.24. The van der Waals surface area contributed by atoms with Crippen LogP contribution in [-0.2, 0) is 7.05 Å². The Labute approximate surface area is 93.4 Å². The van der Waals surface area contributed by atoms with Gasteiger partial charge in [0.1, 0.15) is 6.20 Å². The molecule has 1 rings (SSSR count). The molecule has 0 saturated heterocycles. The number of aliphatic hydroxyl groups is 1. The molecule has 90 valence electrons. The average molecular weight is 228 g/mol. The topological polar surface area (TPSA) is 84.4 Å². The molecule has 16 heavy (non-hydrogen) atoms. The smallest absolute Gasteiger partial charge is 0.330 e. The minimum absolute atomic E-state index is 0.0609. The Morgan fingerprint density at radius 1 is 1.69 bits per heavy atom. The minimum Gasteiger partial charge on any atom is -0.389 e. The largest absolute Gasteiger partial charge is 0.389 e. The fourth-order valence-corrected chi connectivity index (χ4v) is 1.52. The molecule has 7 nitrogen and oxygen atoms in total. The van der Waals surface area contributed by atoms with Crippen LogP contribution >= 0.6 is 0 Å². The monoisotopic (exact) mass is 228 g/mol. The molecular weight excluding hydrogens is 212 g/mol. The summed E-state index contributed by atoms with van der Waals surface area (Å²) >= 11 is 0. The number of nitrogens with zero attached hydrogens (tertiary/aromatic N) is 4. The van der Waals surface area contributed by atoms with E-state index in [9.17, 15) is 15.2 Å². The van der Waals surface area contributed by atoms with Crippen LogP contribution in [0.25, 0.3) is 0 Å². The number of likely N-dealkylation sites (N-methyl/N-ethyl adjacent to an activating group) is 1. The molecule has 0 aromatic carbocycles. The van der Waals surface area contributed by atoms with E-state index in [2.05, 4.69) is 5.10 Å². The van der Waals surface area contributed by atoms with Gasteiger partial charge in [0.25, 0.3) is 0 Å². The van der Waals surface area contributed by atoms with E-state index in [1.165, 1.54) is 10.9 Å². The molecule has 0 aliphatic rings. The first kappa shape index (κ1) is 12.4. The van der Waals surface area contributed by atoms with Gasteiger partial charge < -0.3 is 10.0 Å². The van der Waals surface area contributed by atoms with Crippen molar-refractivity contribution in [2.45, 2.75) is 19.4 Å². The van der Waals surface area contributed by atoms with Gasteiger partial charge in [0.05, 0.1) is 10.5 Å². The zero-order valence-electron chi connectivity index (χ0n) is 9.84. The molecule has 0 spiro atoms. The third kappa shape index (κ3) is 2.93. The van der Waals surface area contributed by atoms with Gasteiger partial charge >= 0.3 is 5.69 Å². The van der Waals surface area contributed by atoms with Crippen LogP contribution in [0.4, 0.5) is 11.5 Å². The number of hydrogen-bond donors (Lipinski definition) is 1. The summed E-state index contributed by atoms with van der Waals surface area (Å²) in [6.45, 7) is 3.54. The van der Waals surface area contributed by atoms with E-state index < -0.39 is 10.5 Å². The van der Waals surface area contributed by atoms with E-state index in [-0.39, 0.29) is 18.1 Å². The maximum atomic E-state index is 10.8. The molecule has 0 bridgehead atoms. The molecule has 0 aliphatic heterocycles. The van der Waals surface area contributed by atoms with E-state index >= 15 is 0 Å². The van der Waals surface area contributed by atoms with Gasteiger partial charge in [-0.25, -0.2) is 0 Å². The average Bonchev–Trinajstić information content (AvgIpc) is 2.44. The lowest BCUT2D eigenvalue weighted by molar-refractivity contribution is -0.384. The van der Waals surface area contributed by atoms with Crippen molar-refractivity contribution in [2.75, 3.05) is 18.5 Å². The highest BCUT2D eigenvalue weighted by atomic mass is 16.6. The Balaban J connectivity index is 2.99. The van der Waals surface area contributed by atoms with Gasteiger partial charge in [-0.3, -0.25) is 14.8 Å². The number of nitro groups is 1. The van der Waals surface area contributed by atoms with Gasteiger partial charge in [-0.2, -0.15) is 0 Å². The summed E-state index contributed by atoms with van der Waals surface area (Å²) < 4.78 is 1.38. The van der Waals surface area contributed by atoms with Crippen LogP contribution in [0.2, 0.25) is 0 Å². The molecule has 0 saturated carbocycles. The number of anilines is 1. The Kier molecular flexibility index (Phi) is 3.18. The van der Waals surface area contributed by atoms with E-state index in [1.54, 1.807) is 32.8 Å². The van der Waals surface area contributed by atoms with Crippen molar-refractivity contribution in [1.82, 2.24) is 9.78 Å². The molecule has 0 atom stereocenters. The van der Waals surface area contributed by atoms with E-state index in [1.807, 2.05) is 0 Å². The van der Waals surface area contributed by atoms with Gasteiger partial charge in [0, 0.05) is 20.6 Å². The number of rotatable bonds is 4. The summed E-state index contributed by atoms with van der Waals surface area (Å²) in [4.78, 5) is 11.9. The van der Waals surface area contributed by atoms with Crippen LogP contribution in [0.3, 0.4) is 0 Å². The van der Waals surface area contributed by atoms with Gasteiger partial charge in [-0.05, 0) is 13.8 Å².